The number of terminal acetylenes is 1. The molecule has 0 radical (unpaired) electrons. The summed E-state index contributed by atoms with van der Waals surface area (Å²) in [5.41, 5.74) is 4.65. The molecule has 1 heterocycles. The van der Waals surface area contributed by atoms with Gasteiger partial charge in [0.25, 0.3) is 0 Å². The van der Waals surface area contributed by atoms with Crippen LogP contribution in [-0.4, -0.2) is 6.54 Å². The minimum atomic E-state index is 0.411. The molecule has 0 spiro atoms. The third-order valence-electron chi connectivity index (χ3n) is 6.87. The number of hydrogen-bond acceptors (Lipinski definition) is 2. The van der Waals surface area contributed by atoms with Crippen LogP contribution in [-0.2, 0) is 6.42 Å². The minimum absolute atomic E-state index is 0.411. The largest absolute Gasteiger partial charge is 0.453 e. The van der Waals surface area contributed by atoms with Crippen LogP contribution in [0.5, 0.6) is 5.75 Å². The first-order valence-electron chi connectivity index (χ1n) is 12.1. The van der Waals surface area contributed by atoms with Crippen molar-refractivity contribution >= 4 is 16.5 Å². The molecule has 172 valence electrons. The highest BCUT2D eigenvalue weighted by Gasteiger charge is 2.27. The average Bonchev–Trinajstić information content (AvgIpc) is 2.88. The fraction of sp³-hybridized carbons (Fsp3) is 0.250. The Kier molecular flexibility index (Phi) is 7.24. The average molecular weight is 448 g/mol. The van der Waals surface area contributed by atoms with E-state index < -0.39 is 0 Å². The number of benzene rings is 3. The zero-order valence-electron chi connectivity index (χ0n) is 20.4. The third kappa shape index (κ3) is 4.52. The molecule has 0 aromatic heterocycles. The normalized spacial score (nSPS) is 17.2. The molecule has 0 N–H and O–H groups in total. The van der Waals surface area contributed by atoms with E-state index in [1.807, 2.05) is 19.1 Å². The summed E-state index contributed by atoms with van der Waals surface area (Å²) in [4.78, 5) is 2.15. The molecule has 2 atom stereocenters. The van der Waals surface area contributed by atoms with Gasteiger partial charge in [0.1, 0.15) is 5.76 Å². The molecule has 0 fully saturated rings. The van der Waals surface area contributed by atoms with E-state index in [1.54, 1.807) is 6.08 Å². The molecule has 0 amide bonds. The lowest BCUT2D eigenvalue weighted by molar-refractivity contribution is 0.418. The molecular formula is C32H33NO. The van der Waals surface area contributed by atoms with Crippen LogP contribution >= 0.6 is 0 Å². The maximum absolute atomic E-state index is 6.23. The van der Waals surface area contributed by atoms with E-state index in [0.29, 0.717) is 18.4 Å². The third-order valence-corrected chi connectivity index (χ3v) is 6.87. The van der Waals surface area contributed by atoms with Crippen molar-refractivity contribution in [2.75, 3.05) is 11.4 Å². The predicted octanol–water partition coefficient (Wildman–Crippen LogP) is 8.02. The maximum atomic E-state index is 6.23. The maximum Gasteiger partial charge on any atom is 0.151 e. The number of anilines is 1. The van der Waals surface area contributed by atoms with E-state index in [2.05, 4.69) is 91.9 Å². The van der Waals surface area contributed by atoms with Crippen molar-refractivity contribution in [3.63, 3.8) is 0 Å². The second-order valence-corrected chi connectivity index (χ2v) is 8.90. The lowest BCUT2D eigenvalue weighted by Crippen LogP contribution is -2.30. The summed E-state index contributed by atoms with van der Waals surface area (Å²) in [5, 5.41) is 2.64. The summed E-state index contributed by atoms with van der Waals surface area (Å²) in [7, 11) is 0. The molecule has 0 saturated heterocycles. The summed E-state index contributed by atoms with van der Waals surface area (Å²) in [6.07, 6.45) is 13.5. The molecule has 3 aromatic carbocycles. The Morgan fingerprint density at radius 2 is 1.91 bits per heavy atom. The molecular weight excluding hydrogens is 414 g/mol. The number of hydrogen-bond donors (Lipinski definition) is 0. The molecule has 2 unspecified atom stereocenters. The van der Waals surface area contributed by atoms with Crippen molar-refractivity contribution < 1.29 is 4.74 Å². The molecule has 2 nitrogen and oxygen atoms in total. The molecule has 1 aliphatic heterocycles. The second kappa shape index (κ2) is 10.5. The van der Waals surface area contributed by atoms with Crippen LogP contribution in [0.1, 0.15) is 44.2 Å². The quantitative estimate of drug-likeness (QED) is 0.340. The molecule has 34 heavy (non-hydrogen) atoms. The van der Waals surface area contributed by atoms with Crippen molar-refractivity contribution in [2.24, 2.45) is 5.92 Å². The molecule has 0 bridgehead atoms. The SMILES string of the molecule is C#CCN1C(=C/C=C)/C(=C\C)Oc2ccc(CC(c3cccc4ccccc34)C(C)CC)cc21. The lowest BCUT2D eigenvalue weighted by Gasteiger charge is -2.34. The van der Waals surface area contributed by atoms with Gasteiger partial charge in [-0.15, -0.1) is 6.42 Å². The Labute approximate surface area is 204 Å². The van der Waals surface area contributed by atoms with Crippen LogP contribution in [0.15, 0.2) is 96.9 Å². The van der Waals surface area contributed by atoms with Gasteiger partial charge in [0.15, 0.2) is 5.75 Å². The van der Waals surface area contributed by atoms with Crippen molar-refractivity contribution in [2.45, 2.75) is 39.5 Å². The highest BCUT2D eigenvalue weighted by Crippen LogP contribution is 2.42. The molecule has 1 aliphatic rings. The highest BCUT2D eigenvalue weighted by molar-refractivity contribution is 5.86. The van der Waals surface area contributed by atoms with Crippen LogP contribution in [0.3, 0.4) is 0 Å². The minimum Gasteiger partial charge on any atom is -0.453 e. The fourth-order valence-corrected chi connectivity index (χ4v) is 4.90. The van der Waals surface area contributed by atoms with Gasteiger partial charge in [-0.25, -0.2) is 0 Å². The van der Waals surface area contributed by atoms with Gasteiger partial charge in [0.05, 0.1) is 17.9 Å². The first kappa shape index (κ1) is 23.5. The zero-order valence-corrected chi connectivity index (χ0v) is 20.4. The Morgan fingerprint density at radius 1 is 1.12 bits per heavy atom. The van der Waals surface area contributed by atoms with Crippen molar-refractivity contribution in [3.8, 4) is 18.1 Å². The van der Waals surface area contributed by atoms with Gasteiger partial charge in [-0.05, 0) is 71.4 Å². The van der Waals surface area contributed by atoms with E-state index in [1.165, 1.54) is 21.9 Å². The number of nitrogens with zero attached hydrogens (tertiary/aromatic N) is 1. The molecule has 2 heteroatoms. The lowest BCUT2D eigenvalue weighted by atomic mass is 9.79. The van der Waals surface area contributed by atoms with Gasteiger partial charge in [0.2, 0.25) is 0 Å². The van der Waals surface area contributed by atoms with Crippen LogP contribution in [0, 0.1) is 18.3 Å². The summed E-state index contributed by atoms with van der Waals surface area (Å²) >= 11 is 0. The van der Waals surface area contributed by atoms with Crippen molar-refractivity contribution in [1.29, 1.82) is 0 Å². The number of allylic oxidation sites excluding steroid dienone is 3. The van der Waals surface area contributed by atoms with Crippen LogP contribution in [0.25, 0.3) is 10.8 Å². The molecule has 0 aliphatic carbocycles. The van der Waals surface area contributed by atoms with E-state index in [-0.39, 0.29) is 0 Å². The predicted molar refractivity (Wildman–Crippen MR) is 145 cm³/mol. The zero-order chi connectivity index (χ0) is 24.1. The molecule has 3 aromatic rings. The Balaban J connectivity index is 1.77. The first-order valence-corrected chi connectivity index (χ1v) is 12.1. The number of ether oxygens (including phenoxy) is 1. The van der Waals surface area contributed by atoms with E-state index in [9.17, 15) is 0 Å². The van der Waals surface area contributed by atoms with E-state index >= 15 is 0 Å². The number of rotatable bonds is 7. The topological polar surface area (TPSA) is 12.5 Å². The summed E-state index contributed by atoms with van der Waals surface area (Å²) in [6.45, 7) is 11.0. The van der Waals surface area contributed by atoms with Gasteiger partial charge in [-0.1, -0.05) is 87.4 Å². The van der Waals surface area contributed by atoms with Crippen molar-refractivity contribution in [3.05, 3.63) is 108 Å². The molecule has 0 saturated carbocycles. The molecule has 4 rings (SSSR count). The van der Waals surface area contributed by atoms with Gasteiger partial charge < -0.3 is 9.64 Å². The van der Waals surface area contributed by atoms with Gasteiger partial charge in [-0.3, -0.25) is 0 Å². The summed E-state index contributed by atoms with van der Waals surface area (Å²) < 4.78 is 6.23. The van der Waals surface area contributed by atoms with Gasteiger partial charge >= 0.3 is 0 Å². The summed E-state index contributed by atoms with van der Waals surface area (Å²) in [6, 6.07) is 21.9. The van der Waals surface area contributed by atoms with Crippen molar-refractivity contribution in [1.82, 2.24) is 0 Å². The van der Waals surface area contributed by atoms with Crippen LogP contribution in [0.2, 0.25) is 0 Å². The van der Waals surface area contributed by atoms with E-state index in [4.69, 9.17) is 11.2 Å². The van der Waals surface area contributed by atoms with Gasteiger partial charge in [0, 0.05) is 0 Å². The van der Waals surface area contributed by atoms with Crippen LogP contribution in [0.4, 0.5) is 5.69 Å². The Morgan fingerprint density at radius 3 is 2.65 bits per heavy atom. The Hall–Kier alpha value is -3.70. The first-order chi connectivity index (χ1) is 16.6. The highest BCUT2D eigenvalue weighted by atomic mass is 16.5. The van der Waals surface area contributed by atoms with E-state index in [0.717, 1.165) is 35.7 Å². The standard InChI is InChI=1S/C32H33NO/c1-6-13-29-31(9-4)34-32-19-18-24(22-30(32)33(29)20-7-2)21-28(23(5)8-3)27-17-12-15-25-14-10-11-16-26(25)27/h2,6,9-19,22-23,28H,1,8,20-21H2,3-5H3/b29-13+,31-9+. The van der Waals surface area contributed by atoms with Crippen LogP contribution < -0.4 is 9.64 Å². The second-order valence-electron chi connectivity index (χ2n) is 8.90. The van der Waals surface area contributed by atoms with Gasteiger partial charge in [-0.2, -0.15) is 0 Å². The Bertz CT molecular complexity index is 1280. The smallest absolute Gasteiger partial charge is 0.151 e. The monoisotopic (exact) mass is 447 g/mol. The fourth-order valence-electron chi connectivity index (χ4n) is 4.90. The summed E-state index contributed by atoms with van der Waals surface area (Å²) in [5.74, 6) is 5.40. The number of fused-ring (bicyclic) bond motifs is 2.